The minimum Gasteiger partial charge on any atom is -0.481 e. The van der Waals surface area contributed by atoms with Gasteiger partial charge in [0.15, 0.2) is 5.78 Å². The van der Waals surface area contributed by atoms with Crippen LogP contribution in [0.15, 0.2) is 11.1 Å². The quantitative estimate of drug-likeness (QED) is 0.286. The monoisotopic (exact) mass is 652 g/mol. The largest absolute Gasteiger partial charge is 0.481 e. The number of hydrogen-bond acceptors (Lipinski definition) is 6. The fourth-order valence-corrected chi connectivity index (χ4v) is 12.3. The number of carboxylic acids is 1. The maximum atomic E-state index is 13.7. The van der Waals surface area contributed by atoms with Crippen LogP contribution < -0.4 is 5.32 Å². The molecule has 0 aromatic rings. The van der Waals surface area contributed by atoms with Gasteiger partial charge in [-0.2, -0.15) is 0 Å². The predicted molar refractivity (Wildman–Crippen MR) is 180 cm³/mol. The lowest BCUT2D eigenvalue weighted by Gasteiger charge is -2.68. The van der Waals surface area contributed by atoms with E-state index in [2.05, 4.69) is 51.8 Å². The number of aliphatic carboxylic acids is 1. The van der Waals surface area contributed by atoms with E-state index in [1.165, 1.54) is 5.57 Å². The number of carbonyl (C=O) groups is 4. The molecule has 262 valence electrons. The van der Waals surface area contributed by atoms with Crippen LogP contribution in [0.3, 0.4) is 0 Å². The van der Waals surface area contributed by atoms with Crippen molar-refractivity contribution in [2.75, 3.05) is 19.6 Å². The van der Waals surface area contributed by atoms with E-state index >= 15 is 0 Å². The molecular formula is C39H60N2O6. The minimum absolute atomic E-state index is 0.0672. The Kier molecular flexibility index (Phi) is 8.62. The summed E-state index contributed by atoms with van der Waals surface area (Å²) in [7, 11) is 0. The summed E-state index contributed by atoms with van der Waals surface area (Å²) in [5.74, 6) is 0.775. The van der Waals surface area contributed by atoms with Gasteiger partial charge in [0.2, 0.25) is 5.91 Å². The number of esters is 1. The smallest absolute Gasteiger partial charge is 0.309 e. The standard InChI is InChI=1S/C39H60N2O6/c1-23(2)32-26(42)20-39(40-30(43)22-41-18-9-19-41)17-12-25-24(33(32)39)10-11-28-37(25,7)15-13-27-36(5,6)29(14-16-38(27,28)8)47-31(44)21-35(3,4)34(45)46/h23-25,27-29H,9-22H2,1-8H3,(H,40,43)(H,45,46). The Morgan fingerprint density at radius 2 is 1.64 bits per heavy atom. The zero-order chi connectivity index (χ0) is 34.3. The highest BCUT2D eigenvalue weighted by Gasteiger charge is 2.67. The van der Waals surface area contributed by atoms with E-state index in [1.54, 1.807) is 13.8 Å². The van der Waals surface area contributed by atoms with Crippen molar-refractivity contribution >= 4 is 23.6 Å². The van der Waals surface area contributed by atoms with Crippen LogP contribution in [-0.2, 0) is 23.9 Å². The Morgan fingerprint density at radius 1 is 0.957 bits per heavy atom. The Labute approximate surface area is 282 Å². The average molecular weight is 653 g/mol. The summed E-state index contributed by atoms with van der Waals surface area (Å²) in [6, 6.07) is 0. The molecule has 2 N–H and O–H groups in total. The molecule has 0 bridgehead atoms. The normalized spacial score (nSPS) is 39.7. The van der Waals surface area contributed by atoms with Crippen LogP contribution in [0.1, 0.15) is 126 Å². The first-order valence-electron chi connectivity index (χ1n) is 18.6. The number of carboxylic acid groups (broad SMARTS) is 1. The molecular weight excluding hydrogens is 592 g/mol. The number of carbonyl (C=O) groups excluding carboxylic acids is 3. The zero-order valence-corrected chi connectivity index (χ0v) is 30.3. The molecule has 8 unspecified atom stereocenters. The van der Waals surface area contributed by atoms with Crippen LogP contribution in [0.4, 0.5) is 0 Å². The molecule has 4 saturated carbocycles. The van der Waals surface area contributed by atoms with Gasteiger partial charge < -0.3 is 15.2 Å². The second-order valence-electron chi connectivity index (χ2n) is 18.5. The van der Waals surface area contributed by atoms with Crippen molar-refractivity contribution in [2.24, 2.45) is 51.2 Å². The molecule has 1 saturated heterocycles. The number of amides is 1. The molecule has 1 amide bonds. The predicted octanol–water partition coefficient (Wildman–Crippen LogP) is 6.56. The summed E-state index contributed by atoms with van der Waals surface area (Å²) in [4.78, 5) is 54.0. The van der Waals surface area contributed by atoms with E-state index in [1.807, 2.05) is 0 Å². The number of nitrogens with zero attached hydrogens (tertiary/aromatic N) is 1. The number of hydrogen-bond donors (Lipinski definition) is 2. The number of likely N-dealkylation sites (tertiary alicyclic amines) is 1. The van der Waals surface area contributed by atoms with E-state index in [0.29, 0.717) is 36.6 Å². The molecule has 0 radical (unpaired) electrons. The van der Waals surface area contributed by atoms with Gasteiger partial charge >= 0.3 is 11.9 Å². The van der Waals surface area contributed by atoms with Crippen molar-refractivity contribution in [3.05, 3.63) is 11.1 Å². The summed E-state index contributed by atoms with van der Waals surface area (Å²) >= 11 is 0. The summed E-state index contributed by atoms with van der Waals surface area (Å²) in [6.07, 6.45) is 9.23. The molecule has 0 aromatic heterocycles. The molecule has 0 aromatic carbocycles. The second-order valence-corrected chi connectivity index (χ2v) is 18.5. The summed E-state index contributed by atoms with van der Waals surface area (Å²) in [5.41, 5.74) is 0.627. The third-order valence-corrected chi connectivity index (χ3v) is 14.7. The van der Waals surface area contributed by atoms with E-state index < -0.39 is 22.9 Å². The first-order chi connectivity index (χ1) is 21.9. The van der Waals surface area contributed by atoms with Crippen molar-refractivity contribution in [3.63, 3.8) is 0 Å². The number of ether oxygens (including phenoxy) is 1. The fourth-order valence-electron chi connectivity index (χ4n) is 12.3. The summed E-state index contributed by atoms with van der Waals surface area (Å²) < 4.78 is 6.13. The van der Waals surface area contributed by atoms with E-state index in [-0.39, 0.29) is 46.4 Å². The molecule has 6 aliphatic rings. The van der Waals surface area contributed by atoms with Gasteiger partial charge in [-0.15, -0.1) is 0 Å². The number of allylic oxidation sites excluding steroid dienone is 1. The van der Waals surface area contributed by atoms with Gasteiger partial charge in [-0.3, -0.25) is 24.1 Å². The lowest BCUT2D eigenvalue weighted by molar-refractivity contribution is -0.213. The van der Waals surface area contributed by atoms with Gasteiger partial charge in [-0.25, -0.2) is 0 Å². The van der Waals surface area contributed by atoms with Crippen LogP contribution in [0.5, 0.6) is 0 Å². The van der Waals surface area contributed by atoms with E-state index in [9.17, 15) is 24.3 Å². The third-order valence-electron chi connectivity index (χ3n) is 14.7. The van der Waals surface area contributed by atoms with E-state index in [0.717, 1.165) is 76.5 Å². The first kappa shape index (κ1) is 34.6. The number of Topliss-reactive ketones (excluding diaryl/α,β-unsaturated/α-hetero) is 1. The Balaban J connectivity index is 1.24. The summed E-state index contributed by atoms with van der Waals surface area (Å²) in [5, 5.41) is 13.1. The second kappa shape index (κ2) is 11.7. The van der Waals surface area contributed by atoms with Crippen LogP contribution in [0.25, 0.3) is 0 Å². The van der Waals surface area contributed by atoms with Crippen LogP contribution in [-0.4, -0.2) is 64.9 Å². The molecule has 1 aliphatic heterocycles. The number of nitrogens with one attached hydrogen (secondary N) is 1. The Morgan fingerprint density at radius 3 is 2.26 bits per heavy atom. The lowest BCUT2D eigenvalue weighted by Crippen LogP contribution is -2.64. The maximum absolute atomic E-state index is 13.7. The van der Waals surface area contributed by atoms with Gasteiger partial charge in [0, 0.05) is 11.8 Å². The first-order valence-corrected chi connectivity index (χ1v) is 18.6. The highest BCUT2D eigenvalue weighted by molar-refractivity contribution is 6.02. The van der Waals surface area contributed by atoms with Crippen molar-refractivity contribution in [2.45, 2.75) is 138 Å². The number of fused-ring (bicyclic) bond motifs is 7. The topological polar surface area (TPSA) is 113 Å². The van der Waals surface area contributed by atoms with Crippen LogP contribution in [0.2, 0.25) is 0 Å². The Hall–Kier alpha value is -2.22. The van der Waals surface area contributed by atoms with E-state index in [4.69, 9.17) is 4.74 Å². The molecule has 47 heavy (non-hydrogen) atoms. The highest BCUT2D eigenvalue weighted by atomic mass is 16.5. The number of rotatable bonds is 8. The maximum Gasteiger partial charge on any atom is 0.309 e. The zero-order valence-electron chi connectivity index (χ0n) is 30.3. The van der Waals surface area contributed by atoms with Gasteiger partial charge in [-0.05, 0) is 136 Å². The Bertz CT molecular complexity index is 1360. The van der Waals surface area contributed by atoms with Gasteiger partial charge in [0.05, 0.1) is 23.9 Å². The van der Waals surface area contributed by atoms with Crippen molar-refractivity contribution in [1.82, 2.24) is 10.2 Å². The van der Waals surface area contributed by atoms with Gasteiger partial charge in [0.25, 0.3) is 0 Å². The minimum atomic E-state index is -1.15. The number of ketones is 1. The third kappa shape index (κ3) is 5.51. The lowest BCUT2D eigenvalue weighted by atomic mass is 9.37. The fraction of sp³-hybridized carbons (Fsp3) is 0.846. The molecule has 5 fully saturated rings. The van der Waals surface area contributed by atoms with Gasteiger partial charge in [-0.1, -0.05) is 41.5 Å². The molecule has 1 heterocycles. The van der Waals surface area contributed by atoms with Crippen molar-refractivity contribution < 1.29 is 29.0 Å². The molecule has 8 nitrogen and oxygen atoms in total. The molecule has 0 spiro atoms. The highest BCUT2D eigenvalue weighted by Crippen LogP contribution is 2.72. The molecule has 5 aliphatic carbocycles. The van der Waals surface area contributed by atoms with Crippen LogP contribution in [0, 0.1) is 51.2 Å². The van der Waals surface area contributed by atoms with Crippen molar-refractivity contribution in [3.8, 4) is 0 Å². The molecule has 6 rings (SSSR count). The summed E-state index contributed by atoms with van der Waals surface area (Å²) in [6.45, 7) is 19.4. The van der Waals surface area contributed by atoms with Gasteiger partial charge in [0.1, 0.15) is 6.10 Å². The SMILES string of the molecule is CC(C)C1=C2C3CCC4C(C)(CCC5C(C)(C)C(OC(=O)CC(C)(C)C(=O)O)CCC54C)C3CCC2(NC(=O)CN2CCC2)CC1=O. The van der Waals surface area contributed by atoms with Crippen molar-refractivity contribution in [1.29, 1.82) is 0 Å². The van der Waals surface area contributed by atoms with Crippen LogP contribution >= 0.6 is 0 Å². The molecule has 8 atom stereocenters. The molecule has 8 heteroatoms. The average Bonchev–Trinajstić information content (AvgIpc) is 3.23.